The van der Waals surface area contributed by atoms with Gasteiger partial charge in [-0.15, -0.1) is 12.4 Å². The molecule has 5 aromatic rings. The van der Waals surface area contributed by atoms with E-state index in [1.165, 1.54) is 23.1 Å². The van der Waals surface area contributed by atoms with Crippen molar-refractivity contribution in [3.05, 3.63) is 141 Å². The second-order valence-electron chi connectivity index (χ2n) is 16.0. The second kappa shape index (κ2) is 15.9. The van der Waals surface area contributed by atoms with Crippen LogP contribution in [0.3, 0.4) is 0 Å². The first-order chi connectivity index (χ1) is 27.2. The van der Waals surface area contributed by atoms with Crippen LogP contribution in [0.4, 0.5) is 4.79 Å². The van der Waals surface area contributed by atoms with Crippen molar-refractivity contribution >= 4 is 30.4 Å². The van der Waals surface area contributed by atoms with E-state index in [4.69, 9.17) is 4.74 Å². The minimum Gasteiger partial charge on any atom is -0.478 e. The van der Waals surface area contributed by atoms with Gasteiger partial charge in [-0.25, -0.2) is 9.59 Å². The second-order valence-corrected chi connectivity index (χ2v) is 16.0. The van der Waals surface area contributed by atoms with Crippen LogP contribution in [0.2, 0.25) is 0 Å². The molecule has 1 atom stereocenters. The van der Waals surface area contributed by atoms with E-state index >= 15 is 4.79 Å². The Morgan fingerprint density at radius 3 is 2.12 bits per heavy atom. The fourth-order valence-electron chi connectivity index (χ4n) is 9.63. The van der Waals surface area contributed by atoms with E-state index < -0.39 is 5.97 Å². The van der Waals surface area contributed by atoms with E-state index in [0.717, 1.165) is 66.7 Å². The SMILES string of the molecule is Cc1c(C(=O)O)c(-c2cc3c(cc2C(=O)N2Cc4ccccc4C[C@H]2CN2CCCCC2)CN(C(=O)OCC2c4ccccc4-c4ccccc42)CC3)cn1C.Cl. The van der Waals surface area contributed by atoms with Gasteiger partial charge in [-0.1, -0.05) is 79.2 Å². The van der Waals surface area contributed by atoms with Crippen LogP contribution in [-0.4, -0.2) is 81.2 Å². The van der Waals surface area contributed by atoms with Crippen LogP contribution in [0.25, 0.3) is 22.3 Å². The molecule has 1 aromatic heterocycles. The van der Waals surface area contributed by atoms with E-state index in [1.54, 1.807) is 11.8 Å². The summed E-state index contributed by atoms with van der Waals surface area (Å²) in [4.78, 5) is 48.0. The standard InChI is InChI=1S/C47H48N4O5.ClH/c1-30-44(46(53)54)42(28-48(30)2)40-23-32-18-21-50(47(55)56-29-43-38-16-8-6-14-36(38)37-15-7-9-17-39(37)43)25-34(32)24-41(40)45(52)51-26-33-13-5-4-12-31(33)22-35(51)27-49-19-10-3-11-20-49;/h4-9,12-17,23-24,28,35,43H,3,10-11,18-22,25-27,29H2,1-2H3,(H,53,54);1H/t35-;/m0./s1. The number of benzene rings is 4. The number of likely N-dealkylation sites (tertiary alicyclic amines) is 1. The molecule has 0 spiro atoms. The number of aromatic carboxylic acids is 1. The number of amides is 2. The van der Waals surface area contributed by atoms with Gasteiger partial charge in [0.25, 0.3) is 5.91 Å². The maximum Gasteiger partial charge on any atom is 0.410 e. The Hall–Kier alpha value is -5.38. The number of carboxylic acid groups (broad SMARTS) is 1. The van der Waals surface area contributed by atoms with Crippen LogP contribution in [0.5, 0.6) is 0 Å². The molecule has 1 saturated heterocycles. The average Bonchev–Trinajstić information content (AvgIpc) is 3.71. The molecule has 294 valence electrons. The Morgan fingerprint density at radius 2 is 1.42 bits per heavy atom. The predicted molar refractivity (Wildman–Crippen MR) is 223 cm³/mol. The third-order valence-electron chi connectivity index (χ3n) is 12.7. The molecule has 3 aliphatic heterocycles. The molecule has 57 heavy (non-hydrogen) atoms. The third kappa shape index (κ3) is 7.12. The minimum absolute atomic E-state index is 0. The molecule has 9 rings (SSSR count). The van der Waals surface area contributed by atoms with Crippen molar-refractivity contribution in [3.63, 3.8) is 0 Å². The summed E-state index contributed by atoms with van der Waals surface area (Å²) in [7, 11) is 1.84. The first-order valence-corrected chi connectivity index (χ1v) is 20.0. The molecular formula is C47H49ClN4O5. The zero-order valence-electron chi connectivity index (χ0n) is 32.6. The molecule has 1 aliphatic carbocycles. The number of piperidine rings is 1. The Morgan fingerprint density at radius 1 is 0.754 bits per heavy atom. The van der Waals surface area contributed by atoms with Gasteiger partial charge in [0.15, 0.2) is 0 Å². The van der Waals surface area contributed by atoms with Gasteiger partial charge in [0.05, 0.1) is 5.56 Å². The van der Waals surface area contributed by atoms with E-state index in [2.05, 4.69) is 47.4 Å². The number of hydrogen-bond acceptors (Lipinski definition) is 5. The van der Waals surface area contributed by atoms with Gasteiger partial charge in [0, 0.05) is 68.2 Å². The van der Waals surface area contributed by atoms with Gasteiger partial charge in [-0.3, -0.25) is 4.79 Å². The number of carboxylic acids is 1. The van der Waals surface area contributed by atoms with Crippen LogP contribution in [-0.2, 0) is 37.7 Å². The molecule has 2 amide bonds. The molecule has 10 heteroatoms. The van der Waals surface area contributed by atoms with Crippen molar-refractivity contribution in [2.45, 2.75) is 64.1 Å². The summed E-state index contributed by atoms with van der Waals surface area (Å²) in [5.41, 5.74) is 11.4. The molecule has 1 N–H and O–H groups in total. The van der Waals surface area contributed by atoms with E-state index in [9.17, 15) is 14.7 Å². The highest BCUT2D eigenvalue weighted by atomic mass is 35.5. The molecule has 4 aliphatic rings. The van der Waals surface area contributed by atoms with Gasteiger partial charge in [0.1, 0.15) is 6.61 Å². The molecule has 4 aromatic carbocycles. The van der Waals surface area contributed by atoms with Gasteiger partial charge in [0.2, 0.25) is 0 Å². The maximum absolute atomic E-state index is 15.2. The molecule has 0 bridgehead atoms. The lowest BCUT2D eigenvalue weighted by molar-refractivity contribution is 0.0566. The highest BCUT2D eigenvalue weighted by Gasteiger charge is 2.36. The van der Waals surface area contributed by atoms with E-state index in [1.807, 2.05) is 65.2 Å². The summed E-state index contributed by atoms with van der Waals surface area (Å²) in [5.74, 6) is -1.18. The normalized spacial score (nSPS) is 17.5. The summed E-state index contributed by atoms with van der Waals surface area (Å²) in [5, 5.41) is 10.4. The van der Waals surface area contributed by atoms with Crippen LogP contribution in [0, 0.1) is 6.92 Å². The van der Waals surface area contributed by atoms with Crippen molar-refractivity contribution in [2.75, 3.05) is 32.8 Å². The summed E-state index contributed by atoms with van der Waals surface area (Å²) in [6.45, 7) is 6.12. The lowest BCUT2D eigenvalue weighted by Gasteiger charge is -2.41. The van der Waals surface area contributed by atoms with Crippen molar-refractivity contribution < 1.29 is 24.2 Å². The lowest BCUT2D eigenvalue weighted by Crippen LogP contribution is -2.51. The van der Waals surface area contributed by atoms with Gasteiger partial charge >= 0.3 is 12.1 Å². The number of aryl methyl sites for hydroxylation is 1. The van der Waals surface area contributed by atoms with Gasteiger partial charge in [-0.05, 0) is 108 Å². The highest BCUT2D eigenvalue weighted by Crippen LogP contribution is 2.45. The molecule has 0 radical (unpaired) electrons. The van der Waals surface area contributed by atoms with Crippen molar-refractivity contribution in [1.29, 1.82) is 0 Å². The van der Waals surface area contributed by atoms with Crippen LogP contribution >= 0.6 is 12.4 Å². The quantitative estimate of drug-likeness (QED) is 0.178. The van der Waals surface area contributed by atoms with Crippen LogP contribution in [0.1, 0.15) is 85.0 Å². The molecule has 4 heterocycles. The van der Waals surface area contributed by atoms with Crippen LogP contribution in [0.15, 0.2) is 91.1 Å². The zero-order chi connectivity index (χ0) is 38.5. The average molecular weight is 785 g/mol. The lowest BCUT2D eigenvalue weighted by atomic mass is 9.87. The molecule has 0 saturated carbocycles. The zero-order valence-corrected chi connectivity index (χ0v) is 33.4. The Kier molecular flexibility index (Phi) is 10.7. The number of rotatable bonds is 7. The largest absolute Gasteiger partial charge is 0.478 e. The van der Waals surface area contributed by atoms with E-state index in [-0.39, 0.29) is 48.5 Å². The number of aromatic nitrogens is 1. The van der Waals surface area contributed by atoms with E-state index in [0.29, 0.717) is 48.4 Å². The maximum atomic E-state index is 15.2. The molecular weight excluding hydrogens is 736 g/mol. The number of carbonyl (C=O) groups is 3. The number of nitrogens with zero attached hydrogens (tertiary/aromatic N) is 4. The van der Waals surface area contributed by atoms with Gasteiger partial charge in [-0.2, -0.15) is 0 Å². The van der Waals surface area contributed by atoms with Crippen molar-refractivity contribution in [3.8, 4) is 22.3 Å². The number of halogens is 1. The predicted octanol–water partition coefficient (Wildman–Crippen LogP) is 8.48. The topological polar surface area (TPSA) is 95.3 Å². The summed E-state index contributed by atoms with van der Waals surface area (Å²) >= 11 is 0. The fourth-order valence-corrected chi connectivity index (χ4v) is 9.63. The van der Waals surface area contributed by atoms with Crippen LogP contribution < -0.4 is 0 Å². The van der Waals surface area contributed by atoms with Crippen molar-refractivity contribution in [2.24, 2.45) is 7.05 Å². The minimum atomic E-state index is -1.02. The Labute approximate surface area is 340 Å². The summed E-state index contributed by atoms with van der Waals surface area (Å²) in [6.07, 6.45) is 6.34. The smallest absolute Gasteiger partial charge is 0.410 e. The summed E-state index contributed by atoms with van der Waals surface area (Å²) in [6, 6.07) is 28.9. The number of carbonyl (C=O) groups excluding carboxylic acids is 2. The molecule has 0 unspecified atom stereocenters. The Bertz CT molecular complexity index is 2320. The van der Waals surface area contributed by atoms with Crippen molar-refractivity contribution in [1.82, 2.24) is 19.3 Å². The van der Waals surface area contributed by atoms with Gasteiger partial charge < -0.3 is 29.1 Å². The highest BCUT2D eigenvalue weighted by molar-refractivity contribution is 6.06. The number of ether oxygens (including phenoxy) is 1. The fraction of sp³-hybridized carbons (Fsp3) is 0.340. The first kappa shape index (κ1) is 38.5. The first-order valence-electron chi connectivity index (χ1n) is 20.0. The number of hydrogen-bond donors (Lipinski definition) is 1. The molecule has 1 fully saturated rings. The molecule has 9 nitrogen and oxygen atoms in total. The third-order valence-corrected chi connectivity index (χ3v) is 12.7. The monoisotopic (exact) mass is 784 g/mol. The Balaban J connectivity index is 0.00000455. The number of fused-ring (bicyclic) bond motifs is 5. The summed E-state index contributed by atoms with van der Waals surface area (Å²) < 4.78 is 7.90.